The van der Waals surface area contributed by atoms with Crippen molar-refractivity contribution < 1.29 is 30.3 Å². The van der Waals surface area contributed by atoms with Crippen molar-refractivity contribution >= 4 is 5.97 Å². The van der Waals surface area contributed by atoms with E-state index in [-0.39, 0.29) is 26.4 Å². The number of hydrogen-bond donors (Lipinski definition) is 5. The first kappa shape index (κ1) is 30.1. The van der Waals surface area contributed by atoms with Gasteiger partial charge in [-0.3, -0.25) is 4.79 Å². The summed E-state index contributed by atoms with van der Waals surface area (Å²) in [6.45, 7) is 1.76. The molecule has 0 atom stereocenters. The van der Waals surface area contributed by atoms with Crippen LogP contribution in [0.5, 0.6) is 0 Å². The van der Waals surface area contributed by atoms with Crippen molar-refractivity contribution in [3.05, 3.63) is 0 Å². The van der Waals surface area contributed by atoms with Crippen LogP contribution in [0.2, 0.25) is 0 Å². The van der Waals surface area contributed by atoms with Crippen molar-refractivity contribution in [2.45, 2.75) is 96.8 Å². The van der Waals surface area contributed by atoms with E-state index >= 15 is 0 Å². The summed E-state index contributed by atoms with van der Waals surface area (Å²) in [6, 6.07) is 0. The second kappa shape index (κ2) is 32.0. The zero-order chi connectivity index (χ0) is 20.3. The van der Waals surface area contributed by atoms with Crippen molar-refractivity contribution in [2.24, 2.45) is 0 Å². The minimum atomic E-state index is -0.655. The SMILES string of the molecule is CCCCCCCCCCCCCCCC(=O)O.OCCO.OCCO. The predicted octanol–water partition coefficient (Wildman–Crippen LogP) is 3.49. The molecule has 0 rings (SSSR count). The van der Waals surface area contributed by atoms with Crippen LogP contribution in [-0.2, 0) is 4.79 Å². The third kappa shape index (κ3) is 43.6. The molecule has 0 unspecified atom stereocenters. The molecular weight excluding hydrogens is 336 g/mol. The van der Waals surface area contributed by atoms with E-state index in [9.17, 15) is 4.79 Å². The van der Waals surface area contributed by atoms with E-state index < -0.39 is 5.97 Å². The maximum Gasteiger partial charge on any atom is 0.303 e. The fourth-order valence-corrected chi connectivity index (χ4v) is 2.29. The number of unbranched alkanes of at least 4 members (excludes halogenated alkanes) is 12. The molecule has 160 valence electrons. The standard InChI is InChI=1S/C16H32O2.2C2H6O2/c1-2-3-4-5-6-7-8-9-10-11-12-13-14-15-16(17)18;2*3-1-2-4/h2-15H2,1H3,(H,17,18);2*3-4H,1-2H2. The molecule has 0 radical (unpaired) electrons. The fraction of sp³-hybridized carbons (Fsp3) is 0.950. The Hall–Kier alpha value is -0.690. The van der Waals surface area contributed by atoms with Gasteiger partial charge < -0.3 is 25.5 Å². The highest BCUT2D eigenvalue weighted by Crippen LogP contribution is 2.12. The van der Waals surface area contributed by atoms with Gasteiger partial charge in [-0.2, -0.15) is 0 Å². The largest absolute Gasteiger partial charge is 0.481 e. The molecule has 6 heteroatoms. The van der Waals surface area contributed by atoms with E-state index in [1.54, 1.807) is 0 Å². The van der Waals surface area contributed by atoms with E-state index in [0.29, 0.717) is 6.42 Å². The first-order valence-electron chi connectivity index (χ1n) is 10.3. The third-order valence-electron chi connectivity index (χ3n) is 3.69. The molecular formula is C20H44O6. The van der Waals surface area contributed by atoms with Gasteiger partial charge in [0.25, 0.3) is 0 Å². The molecule has 0 amide bonds. The van der Waals surface area contributed by atoms with Crippen LogP contribution in [-0.4, -0.2) is 57.9 Å². The smallest absolute Gasteiger partial charge is 0.303 e. The maximum absolute atomic E-state index is 10.3. The highest BCUT2D eigenvalue weighted by molar-refractivity contribution is 5.66. The van der Waals surface area contributed by atoms with Crippen molar-refractivity contribution in [1.82, 2.24) is 0 Å². The number of carboxylic acid groups (broad SMARTS) is 1. The average Bonchev–Trinajstić information content (AvgIpc) is 2.65. The van der Waals surface area contributed by atoms with Crippen molar-refractivity contribution in [2.75, 3.05) is 26.4 Å². The molecule has 6 nitrogen and oxygen atoms in total. The molecule has 0 aliphatic carbocycles. The summed E-state index contributed by atoms with van der Waals surface area (Å²) in [6.07, 6.45) is 17.3. The number of carboxylic acids is 1. The highest BCUT2D eigenvalue weighted by atomic mass is 16.4. The summed E-state index contributed by atoms with van der Waals surface area (Å²) in [4.78, 5) is 10.3. The minimum Gasteiger partial charge on any atom is -0.481 e. The third-order valence-corrected chi connectivity index (χ3v) is 3.69. The maximum atomic E-state index is 10.3. The second-order valence-electron chi connectivity index (χ2n) is 6.28. The van der Waals surface area contributed by atoms with Crippen LogP contribution in [0.1, 0.15) is 96.8 Å². The summed E-state index contributed by atoms with van der Waals surface area (Å²) in [5.41, 5.74) is 0. The summed E-state index contributed by atoms with van der Waals surface area (Å²) in [5.74, 6) is -0.655. The molecule has 26 heavy (non-hydrogen) atoms. The zero-order valence-corrected chi connectivity index (χ0v) is 16.9. The van der Waals surface area contributed by atoms with Crippen LogP contribution in [0.25, 0.3) is 0 Å². The Kier molecular flexibility index (Phi) is 37.0. The molecule has 5 N–H and O–H groups in total. The van der Waals surface area contributed by atoms with Gasteiger partial charge in [0.05, 0.1) is 26.4 Å². The second-order valence-corrected chi connectivity index (χ2v) is 6.28. The molecule has 0 bridgehead atoms. The number of aliphatic hydroxyl groups excluding tert-OH is 4. The molecule has 0 fully saturated rings. The van der Waals surface area contributed by atoms with Crippen LogP contribution in [0.15, 0.2) is 0 Å². The molecule has 0 aliphatic rings. The lowest BCUT2D eigenvalue weighted by Gasteiger charge is -2.02. The Morgan fingerprint density at radius 3 is 1.04 bits per heavy atom. The van der Waals surface area contributed by atoms with Crippen molar-refractivity contribution in [3.63, 3.8) is 0 Å². The van der Waals surface area contributed by atoms with E-state index in [1.165, 1.54) is 70.6 Å². The summed E-state index contributed by atoms with van der Waals surface area (Å²) >= 11 is 0. The first-order valence-corrected chi connectivity index (χ1v) is 10.3. The van der Waals surface area contributed by atoms with Crippen LogP contribution in [0.3, 0.4) is 0 Å². The van der Waals surface area contributed by atoms with Gasteiger partial charge in [0.15, 0.2) is 0 Å². The first-order chi connectivity index (χ1) is 12.6. The Labute approximate surface area is 160 Å². The fourth-order valence-electron chi connectivity index (χ4n) is 2.29. The Morgan fingerprint density at radius 1 is 0.538 bits per heavy atom. The molecule has 0 saturated carbocycles. The molecule has 0 aromatic rings. The van der Waals surface area contributed by atoms with Gasteiger partial charge in [0.2, 0.25) is 0 Å². The number of aliphatic carboxylic acids is 1. The molecule has 0 saturated heterocycles. The summed E-state index contributed by atoms with van der Waals surface area (Å²) < 4.78 is 0. The molecule has 0 aromatic carbocycles. The van der Waals surface area contributed by atoms with E-state index in [4.69, 9.17) is 25.5 Å². The number of aliphatic hydroxyl groups is 4. The zero-order valence-electron chi connectivity index (χ0n) is 16.9. The van der Waals surface area contributed by atoms with Crippen LogP contribution in [0, 0.1) is 0 Å². The lowest BCUT2D eigenvalue weighted by molar-refractivity contribution is -0.137. The summed E-state index contributed by atoms with van der Waals surface area (Å²) in [7, 11) is 0. The predicted molar refractivity (Wildman–Crippen MR) is 106 cm³/mol. The Morgan fingerprint density at radius 2 is 0.808 bits per heavy atom. The molecule has 0 aliphatic heterocycles. The van der Waals surface area contributed by atoms with Gasteiger partial charge in [-0.25, -0.2) is 0 Å². The van der Waals surface area contributed by atoms with Gasteiger partial charge in [0, 0.05) is 6.42 Å². The minimum absolute atomic E-state index is 0.125. The lowest BCUT2D eigenvalue weighted by atomic mass is 10.0. The van der Waals surface area contributed by atoms with Gasteiger partial charge >= 0.3 is 5.97 Å². The average molecular weight is 381 g/mol. The van der Waals surface area contributed by atoms with Crippen molar-refractivity contribution in [1.29, 1.82) is 0 Å². The van der Waals surface area contributed by atoms with Gasteiger partial charge in [-0.15, -0.1) is 0 Å². The Balaban J connectivity index is -0.000000551. The topological polar surface area (TPSA) is 118 Å². The molecule has 0 spiro atoms. The van der Waals surface area contributed by atoms with Crippen LogP contribution < -0.4 is 0 Å². The lowest BCUT2D eigenvalue weighted by Crippen LogP contribution is -1.93. The normalized spacial score (nSPS) is 9.73. The molecule has 0 heterocycles. The number of rotatable bonds is 16. The molecule has 0 aromatic heterocycles. The summed E-state index contributed by atoms with van der Waals surface area (Å²) in [5, 5.41) is 39.0. The van der Waals surface area contributed by atoms with Crippen molar-refractivity contribution in [3.8, 4) is 0 Å². The van der Waals surface area contributed by atoms with Gasteiger partial charge in [-0.05, 0) is 6.42 Å². The van der Waals surface area contributed by atoms with E-state index in [1.807, 2.05) is 0 Å². The van der Waals surface area contributed by atoms with E-state index in [0.717, 1.165) is 12.8 Å². The quantitative estimate of drug-likeness (QED) is 0.262. The Bertz CT molecular complexity index is 228. The van der Waals surface area contributed by atoms with E-state index in [2.05, 4.69) is 6.92 Å². The van der Waals surface area contributed by atoms with Gasteiger partial charge in [0.1, 0.15) is 0 Å². The van der Waals surface area contributed by atoms with Crippen LogP contribution in [0.4, 0.5) is 0 Å². The monoisotopic (exact) mass is 380 g/mol. The number of carbonyl (C=O) groups is 1. The number of hydrogen-bond acceptors (Lipinski definition) is 5. The van der Waals surface area contributed by atoms with Crippen LogP contribution >= 0.6 is 0 Å². The van der Waals surface area contributed by atoms with Gasteiger partial charge in [-0.1, -0.05) is 84.0 Å². The highest BCUT2D eigenvalue weighted by Gasteiger charge is 1.96.